The first-order valence-corrected chi connectivity index (χ1v) is 4.60. The lowest BCUT2D eigenvalue weighted by atomic mass is 10.2. The number of hydrogen-bond donors (Lipinski definition) is 1. The van der Waals surface area contributed by atoms with Crippen molar-refractivity contribution in [2.24, 2.45) is 0 Å². The van der Waals surface area contributed by atoms with E-state index in [-0.39, 0.29) is 5.69 Å². The van der Waals surface area contributed by atoms with Gasteiger partial charge in [-0.1, -0.05) is 11.6 Å². The van der Waals surface area contributed by atoms with Crippen LogP contribution in [0.3, 0.4) is 0 Å². The molecule has 1 heterocycles. The molecule has 0 saturated carbocycles. The van der Waals surface area contributed by atoms with Crippen molar-refractivity contribution in [3.8, 4) is 11.4 Å². The van der Waals surface area contributed by atoms with Crippen molar-refractivity contribution in [2.75, 3.05) is 0 Å². The highest BCUT2D eigenvalue weighted by Crippen LogP contribution is 2.39. The first-order valence-electron chi connectivity index (χ1n) is 4.22. The Kier molecular flexibility index (Phi) is 2.64. The molecule has 0 aliphatic heterocycles. The van der Waals surface area contributed by atoms with Crippen LogP contribution < -0.4 is 0 Å². The molecule has 0 amide bonds. The summed E-state index contributed by atoms with van der Waals surface area (Å²) in [5.74, 6) is -1.80. The fourth-order valence-electron chi connectivity index (χ4n) is 1.26. The number of nitro benzene ring substituents is 1. The van der Waals surface area contributed by atoms with Gasteiger partial charge in [-0.15, -0.1) is 0 Å². The second kappa shape index (κ2) is 3.98. The van der Waals surface area contributed by atoms with Gasteiger partial charge < -0.3 is 5.11 Å². The van der Waals surface area contributed by atoms with Gasteiger partial charge in [0.15, 0.2) is 5.82 Å². The number of phenols is 1. The summed E-state index contributed by atoms with van der Waals surface area (Å²) in [5.41, 5.74) is -1.11. The van der Waals surface area contributed by atoms with Crippen LogP contribution in [-0.2, 0) is 0 Å². The number of phenolic OH excluding ortho intramolecular Hbond substituents is 1. The minimum Gasteiger partial charge on any atom is -0.501 e. The zero-order valence-electron chi connectivity index (χ0n) is 8.04. The number of benzene rings is 1. The van der Waals surface area contributed by atoms with E-state index in [1.54, 1.807) is 0 Å². The smallest absolute Gasteiger partial charge is 0.315 e. The number of halogens is 2. The lowest BCUT2D eigenvalue weighted by molar-refractivity contribution is -0.386. The summed E-state index contributed by atoms with van der Waals surface area (Å²) in [6, 6.07) is 0.568. The third-order valence-corrected chi connectivity index (χ3v) is 2.35. The van der Waals surface area contributed by atoms with E-state index >= 15 is 0 Å². The molecule has 0 atom stereocenters. The minimum atomic E-state index is -0.981. The highest BCUT2D eigenvalue weighted by atomic mass is 35.5. The van der Waals surface area contributed by atoms with E-state index in [0.29, 0.717) is 6.07 Å². The summed E-state index contributed by atoms with van der Waals surface area (Å²) in [6.45, 7) is 0. The molecule has 0 bridgehead atoms. The highest BCUT2D eigenvalue weighted by molar-refractivity contribution is 6.34. The topological polar surface area (TPSA) is 94.1 Å². The molecule has 2 rings (SSSR count). The Hall–Kier alpha value is -2.22. The maximum absolute atomic E-state index is 13.6. The highest BCUT2D eigenvalue weighted by Gasteiger charge is 2.24. The van der Waals surface area contributed by atoms with Crippen molar-refractivity contribution >= 4 is 17.3 Å². The average Bonchev–Trinajstić information content (AvgIpc) is 2.76. The number of aromatic hydroxyl groups is 1. The zero-order valence-corrected chi connectivity index (χ0v) is 8.80. The van der Waals surface area contributed by atoms with E-state index in [4.69, 9.17) is 11.6 Å². The quantitative estimate of drug-likeness (QED) is 0.653. The SMILES string of the molecule is O=[N+]([O-])c1cc(F)c(-n2cncn2)c(Cl)c1O. The second-order valence-corrected chi connectivity index (χ2v) is 3.36. The van der Waals surface area contributed by atoms with Crippen molar-refractivity contribution in [2.45, 2.75) is 0 Å². The van der Waals surface area contributed by atoms with Gasteiger partial charge in [-0.05, 0) is 0 Å². The van der Waals surface area contributed by atoms with Gasteiger partial charge in [0, 0.05) is 0 Å². The number of rotatable bonds is 2. The minimum absolute atomic E-state index is 0.299. The molecule has 1 aromatic carbocycles. The molecule has 7 nitrogen and oxygen atoms in total. The molecule has 1 aromatic heterocycles. The van der Waals surface area contributed by atoms with Crippen molar-refractivity contribution in [3.05, 3.63) is 39.7 Å². The van der Waals surface area contributed by atoms with Gasteiger partial charge in [0.1, 0.15) is 23.4 Å². The Morgan fingerprint density at radius 2 is 2.29 bits per heavy atom. The molecule has 0 saturated heterocycles. The molecule has 2 aromatic rings. The largest absolute Gasteiger partial charge is 0.501 e. The summed E-state index contributed by atoms with van der Waals surface area (Å²) < 4.78 is 14.6. The molecule has 0 fully saturated rings. The fraction of sp³-hybridized carbons (Fsp3) is 0. The van der Waals surface area contributed by atoms with E-state index in [2.05, 4.69) is 10.1 Å². The maximum Gasteiger partial charge on any atom is 0.315 e. The lowest BCUT2D eigenvalue weighted by Crippen LogP contribution is -2.01. The Morgan fingerprint density at radius 3 is 2.82 bits per heavy atom. The van der Waals surface area contributed by atoms with Crippen LogP contribution >= 0.6 is 11.6 Å². The first-order chi connectivity index (χ1) is 8.02. The summed E-state index contributed by atoms with van der Waals surface area (Å²) in [7, 11) is 0. The maximum atomic E-state index is 13.6. The Labute approximate surface area is 98.2 Å². The molecule has 0 aliphatic carbocycles. The molecular formula is C8H4ClFN4O3. The van der Waals surface area contributed by atoms with Gasteiger partial charge in [0.25, 0.3) is 0 Å². The molecule has 17 heavy (non-hydrogen) atoms. The monoisotopic (exact) mass is 258 g/mol. The molecule has 0 unspecified atom stereocenters. The Morgan fingerprint density at radius 1 is 1.59 bits per heavy atom. The number of hydrogen-bond acceptors (Lipinski definition) is 5. The predicted molar refractivity (Wildman–Crippen MR) is 54.6 cm³/mol. The molecule has 0 radical (unpaired) electrons. The Bertz CT molecular complexity index is 587. The van der Waals surface area contributed by atoms with Gasteiger partial charge in [-0.25, -0.2) is 14.1 Å². The number of aromatic nitrogens is 3. The van der Waals surface area contributed by atoms with Crippen LogP contribution in [0.4, 0.5) is 10.1 Å². The van der Waals surface area contributed by atoms with E-state index < -0.39 is 27.2 Å². The molecule has 88 valence electrons. The third kappa shape index (κ3) is 1.78. The lowest BCUT2D eigenvalue weighted by Gasteiger charge is -2.07. The van der Waals surface area contributed by atoms with Crippen molar-refractivity contribution in [1.82, 2.24) is 14.8 Å². The zero-order chi connectivity index (χ0) is 12.6. The number of nitro groups is 1. The summed E-state index contributed by atoms with van der Waals surface area (Å²) in [6.07, 6.45) is 2.28. The molecule has 0 spiro atoms. The van der Waals surface area contributed by atoms with E-state index in [1.165, 1.54) is 0 Å². The summed E-state index contributed by atoms with van der Waals surface area (Å²) >= 11 is 5.66. The van der Waals surface area contributed by atoms with Gasteiger partial charge in [-0.2, -0.15) is 5.10 Å². The van der Waals surface area contributed by atoms with Crippen LogP contribution in [-0.4, -0.2) is 24.8 Å². The summed E-state index contributed by atoms with van der Waals surface area (Å²) in [4.78, 5) is 13.2. The average molecular weight is 259 g/mol. The molecule has 0 aliphatic rings. The van der Waals surface area contributed by atoms with Crippen LogP contribution in [0.25, 0.3) is 5.69 Å². The van der Waals surface area contributed by atoms with Crippen LogP contribution in [0.1, 0.15) is 0 Å². The van der Waals surface area contributed by atoms with Crippen molar-refractivity contribution in [1.29, 1.82) is 0 Å². The van der Waals surface area contributed by atoms with Gasteiger partial charge >= 0.3 is 5.69 Å². The van der Waals surface area contributed by atoms with E-state index in [1.807, 2.05) is 0 Å². The standard InChI is InChI=1S/C8H4ClFN4O3/c9-6-7(13-3-11-2-12-13)4(10)1-5(8(6)15)14(16)17/h1-3,15H. The first kappa shape index (κ1) is 11.3. The predicted octanol–water partition coefficient (Wildman–Crippen LogP) is 1.67. The van der Waals surface area contributed by atoms with Crippen LogP contribution in [0.2, 0.25) is 5.02 Å². The van der Waals surface area contributed by atoms with E-state index in [9.17, 15) is 19.6 Å². The molecule has 1 N–H and O–H groups in total. The molecule has 9 heteroatoms. The third-order valence-electron chi connectivity index (χ3n) is 1.99. The van der Waals surface area contributed by atoms with Crippen molar-refractivity contribution in [3.63, 3.8) is 0 Å². The van der Waals surface area contributed by atoms with E-state index in [0.717, 1.165) is 17.3 Å². The fourth-order valence-corrected chi connectivity index (χ4v) is 1.53. The van der Waals surface area contributed by atoms with Crippen LogP contribution in [0, 0.1) is 15.9 Å². The van der Waals surface area contributed by atoms with Gasteiger partial charge in [-0.3, -0.25) is 10.1 Å². The van der Waals surface area contributed by atoms with Crippen molar-refractivity contribution < 1.29 is 14.4 Å². The van der Waals surface area contributed by atoms with Gasteiger partial charge in [0.2, 0.25) is 5.75 Å². The van der Waals surface area contributed by atoms with Crippen LogP contribution in [0.15, 0.2) is 18.7 Å². The molecular weight excluding hydrogens is 255 g/mol. The normalized spacial score (nSPS) is 10.5. The Balaban J connectivity index is 2.72. The summed E-state index contributed by atoms with van der Waals surface area (Å²) in [5, 5.41) is 23.1. The second-order valence-electron chi connectivity index (χ2n) is 2.99. The van der Waals surface area contributed by atoms with Crippen LogP contribution in [0.5, 0.6) is 5.75 Å². The number of nitrogens with zero attached hydrogens (tertiary/aromatic N) is 4. The van der Waals surface area contributed by atoms with Gasteiger partial charge in [0.05, 0.1) is 11.0 Å².